The normalized spacial score (nSPS) is 25.8. The number of nitrogens with zero attached hydrogens (tertiary/aromatic N) is 4. The summed E-state index contributed by atoms with van der Waals surface area (Å²) in [4.78, 5) is 23.0. The number of amides is 1. The molecule has 2 atom stereocenters. The third-order valence-corrected chi connectivity index (χ3v) is 7.19. The first-order chi connectivity index (χ1) is 16.0. The Balaban J connectivity index is 1.13. The third kappa shape index (κ3) is 6.53. The minimum absolute atomic E-state index is 0.00588. The molecule has 4 rings (SSSR count). The summed E-state index contributed by atoms with van der Waals surface area (Å²) in [5.74, 6) is 3.95. The zero-order valence-electron chi connectivity index (χ0n) is 20.1. The Bertz CT molecular complexity index is 892. The van der Waals surface area contributed by atoms with Crippen molar-refractivity contribution >= 4 is 5.91 Å². The van der Waals surface area contributed by atoms with E-state index in [1.165, 1.54) is 19.3 Å². The van der Waals surface area contributed by atoms with E-state index in [1.807, 2.05) is 6.92 Å². The molecule has 2 fully saturated rings. The van der Waals surface area contributed by atoms with E-state index >= 15 is 0 Å². The lowest BCUT2D eigenvalue weighted by Gasteiger charge is -2.30. The summed E-state index contributed by atoms with van der Waals surface area (Å²) in [5.41, 5.74) is 1.12. The van der Waals surface area contributed by atoms with E-state index < -0.39 is 0 Å². The lowest BCUT2D eigenvalue weighted by atomic mass is 9.84. The Morgan fingerprint density at radius 1 is 1.21 bits per heavy atom. The first kappa shape index (κ1) is 23.7. The van der Waals surface area contributed by atoms with E-state index in [9.17, 15) is 4.79 Å². The molecule has 3 heterocycles. The maximum Gasteiger partial charge on any atom is 0.258 e. The Hall–Kier alpha value is -2.48. The Morgan fingerprint density at radius 2 is 1.97 bits per heavy atom. The van der Waals surface area contributed by atoms with Crippen LogP contribution in [0, 0.1) is 18.8 Å². The van der Waals surface area contributed by atoms with Crippen LogP contribution in [0.25, 0.3) is 0 Å². The molecule has 1 N–H and O–H groups in total. The first-order valence-corrected chi connectivity index (χ1v) is 12.4. The van der Waals surface area contributed by atoms with Crippen LogP contribution in [0.2, 0.25) is 0 Å². The molecule has 1 amide bonds. The number of rotatable bonds is 9. The quantitative estimate of drug-likeness (QED) is 0.618. The molecule has 33 heavy (non-hydrogen) atoms. The van der Waals surface area contributed by atoms with Crippen LogP contribution < -0.4 is 10.1 Å². The van der Waals surface area contributed by atoms with Crippen LogP contribution in [0.15, 0.2) is 23.0 Å². The minimum Gasteiger partial charge on any atom is -0.481 e. The number of aryl methyl sites for hydroxylation is 2. The molecule has 180 valence electrons. The summed E-state index contributed by atoms with van der Waals surface area (Å²) in [7, 11) is 0. The van der Waals surface area contributed by atoms with E-state index in [4.69, 9.17) is 9.26 Å². The van der Waals surface area contributed by atoms with Gasteiger partial charge in [-0.25, -0.2) is 9.97 Å². The van der Waals surface area contributed by atoms with Crippen molar-refractivity contribution in [2.75, 3.05) is 26.2 Å². The summed E-state index contributed by atoms with van der Waals surface area (Å²) in [5, 5.41) is 7.44. The first-order valence-electron chi connectivity index (χ1n) is 12.4. The second-order valence-corrected chi connectivity index (χ2v) is 9.74. The van der Waals surface area contributed by atoms with Crippen LogP contribution in [0.1, 0.15) is 69.1 Å². The van der Waals surface area contributed by atoms with Crippen molar-refractivity contribution in [1.82, 2.24) is 25.3 Å². The average Bonchev–Trinajstić information content (AvgIpc) is 3.44. The zero-order chi connectivity index (χ0) is 23.2. The largest absolute Gasteiger partial charge is 0.481 e. The third-order valence-electron chi connectivity index (χ3n) is 7.19. The summed E-state index contributed by atoms with van der Waals surface area (Å²) < 4.78 is 10.9. The summed E-state index contributed by atoms with van der Waals surface area (Å²) >= 11 is 0. The van der Waals surface area contributed by atoms with Crippen LogP contribution in [0.4, 0.5) is 0 Å². The minimum atomic E-state index is -0.0739. The van der Waals surface area contributed by atoms with E-state index in [1.54, 1.807) is 12.4 Å². The van der Waals surface area contributed by atoms with Gasteiger partial charge in [0.25, 0.3) is 5.91 Å². The predicted molar refractivity (Wildman–Crippen MR) is 125 cm³/mol. The van der Waals surface area contributed by atoms with Crippen molar-refractivity contribution in [3.8, 4) is 5.75 Å². The van der Waals surface area contributed by atoms with E-state index in [2.05, 4.69) is 45.3 Å². The highest BCUT2D eigenvalue weighted by atomic mass is 16.5. The number of carbonyl (C=O) groups is 1. The molecule has 8 heteroatoms. The van der Waals surface area contributed by atoms with Crippen molar-refractivity contribution in [3.05, 3.63) is 35.7 Å². The van der Waals surface area contributed by atoms with Crippen molar-refractivity contribution in [2.24, 2.45) is 11.8 Å². The Morgan fingerprint density at radius 3 is 2.67 bits per heavy atom. The number of ether oxygens (including phenoxy) is 1. The van der Waals surface area contributed by atoms with Crippen molar-refractivity contribution < 1.29 is 14.1 Å². The molecule has 0 spiro atoms. The van der Waals surface area contributed by atoms with Gasteiger partial charge in [-0.2, -0.15) is 0 Å². The van der Waals surface area contributed by atoms with Crippen molar-refractivity contribution in [1.29, 1.82) is 0 Å². The van der Waals surface area contributed by atoms with Gasteiger partial charge in [0, 0.05) is 37.5 Å². The summed E-state index contributed by atoms with van der Waals surface area (Å²) in [6, 6.07) is 2.39. The van der Waals surface area contributed by atoms with Crippen LogP contribution in [-0.4, -0.2) is 58.2 Å². The lowest BCUT2D eigenvalue weighted by molar-refractivity contribution is -0.124. The number of nitrogens with one attached hydrogen (secondary N) is 1. The second kappa shape index (κ2) is 11.1. The van der Waals surface area contributed by atoms with Crippen LogP contribution in [0.3, 0.4) is 0 Å². The lowest BCUT2D eigenvalue weighted by Crippen LogP contribution is -2.40. The van der Waals surface area contributed by atoms with Crippen LogP contribution in [0.5, 0.6) is 5.75 Å². The fourth-order valence-electron chi connectivity index (χ4n) is 5.14. The predicted octanol–water partition coefficient (Wildman–Crippen LogP) is 3.51. The van der Waals surface area contributed by atoms with Gasteiger partial charge in [-0.15, -0.1) is 0 Å². The molecule has 2 aliphatic rings. The number of aromatic nitrogens is 3. The number of carbonyl (C=O) groups excluding carboxylic acids is 1. The molecule has 2 aromatic rings. The highest BCUT2D eigenvalue weighted by molar-refractivity contribution is 5.77. The van der Waals surface area contributed by atoms with Gasteiger partial charge in [0.1, 0.15) is 11.6 Å². The standard InChI is InChI=1S/C25H37N5O3/c1-4-21-11-24(29-33-21)23-15-30(14-17(23)2)10-9-19-5-7-20(8-6-19)28-25(31)16-32-22-12-26-18(3)27-13-22/h11-13,17,19-20,23H,4-10,14-16H2,1-3H3,(H,28,31)/t17-,19?,20?,23-/m0/s1. The molecule has 1 saturated heterocycles. The zero-order valence-corrected chi connectivity index (χ0v) is 20.1. The summed E-state index contributed by atoms with van der Waals surface area (Å²) in [6.45, 7) is 9.61. The van der Waals surface area contributed by atoms with Gasteiger partial charge >= 0.3 is 0 Å². The molecule has 1 aliphatic heterocycles. The topological polar surface area (TPSA) is 93.4 Å². The highest BCUT2D eigenvalue weighted by Crippen LogP contribution is 2.33. The molecular weight excluding hydrogens is 418 g/mol. The van der Waals surface area contributed by atoms with Crippen LogP contribution >= 0.6 is 0 Å². The molecule has 1 saturated carbocycles. The summed E-state index contributed by atoms with van der Waals surface area (Å²) in [6.07, 6.45) is 9.76. The average molecular weight is 456 g/mol. The fourth-order valence-corrected chi connectivity index (χ4v) is 5.14. The molecular formula is C25H37N5O3. The molecule has 1 aliphatic carbocycles. The van der Waals surface area contributed by atoms with Gasteiger partial charge in [0.2, 0.25) is 0 Å². The van der Waals surface area contributed by atoms with E-state index in [0.717, 1.165) is 56.3 Å². The van der Waals surface area contributed by atoms with Crippen molar-refractivity contribution in [2.45, 2.75) is 71.3 Å². The highest BCUT2D eigenvalue weighted by Gasteiger charge is 2.33. The SMILES string of the molecule is CCc1cc([C@H]2CN(CCC3CCC(NC(=O)COc4cnc(C)nc4)CC3)C[C@@H]2C)no1. The Kier molecular flexibility index (Phi) is 7.96. The monoisotopic (exact) mass is 455 g/mol. The van der Waals surface area contributed by atoms with Gasteiger partial charge < -0.3 is 19.5 Å². The van der Waals surface area contributed by atoms with E-state index in [0.29, 0.717) is 23.4 Å². The fraction of sp³-hybridized carbons (Fsp3) is 0.680. The maximum absolute atomic E-state index is 12.2. The molecule has 0 aromatic carbocycles. The number of hydrogen-bond acceptors (Lipinski definition) is 7. The van der Waals surface area contributed by atoms with Gasteiger partial charge in [-0.1, -0.05) is 19.0 Å². The number of hydrogen-bond donors (Lipinski definition) is 1. The van der Waals surface area contributed by atoms with E-state index in [-0.39, 0.29) is 18.6 Å². The molecule has 2 aromatic heterocycles. The van der Waals surface area contributed by atoms with Crippen LogP contribution in [-0.2, 0) is 11.2 Å². The number of likely N-dealkylation sites (tertiary alicyclic amines) is 1. The van der Waals surface area contributed by atoms with Gasteiger partial charge in [0.15, 0.2) is 12.4 Å². The molecule has 0 unspecified atom stereocenters. The maximum atomic E-state index is 12.2. The second-order valence-electron chi connectivity index (χ2n) is 9.74. The smallest absolute Gasteiger partial charge is 0.258 e. The van der Waals surface area contributed by atoms with Crippen molar-refractivity contribution in [3.63, 3.8) is 0 Å². The molecule has 0 radical (unpaired) electrons. The Labute approximate surface area is 196 Å². The molecule has 0 bridgehead atoms. The van der Waals surface area contributed by atoms with Gasteiger partial charge in [0.05, 0.1) is 18.1 Å². The molecule has 8 nitrogen and oxygen atoms in total. The van der Waals surface area contributed by atoms with Gasteiger partial charge in [-0.3, -0.25) is 4.79 Å². The van der Waals surface area contributed by atoms with Gasteiger partial charge in [-0.05, 0) is 57.4 Å².